The van der Waals surface area contributed by atoms with Gasteiger partial charge in [-0.3, -0.25) is 4.79 Å². The second kappa shape index (κ2) is 8.44. The Bertz CT molecular complexity index is 643. The molecule has 4 nitrogen and oxygen atoms in total. The Labute approximate surface area is 141 Å². The minimum Gasteiger partial charge on any atom is -0.494 e. The number of hydrogen-bond donors (Lipinski definition) is 1. The summed E-state index contributed by atoms with van der Waals surface area (Å²) in [6, 6.07) is 14.7. The van der Waals surface area contributed by atoms with Gasteiger partial charge in [0, 0.05) is 6.54 Å². The van der Waals surface area contributed by atoms with E-state index in [-0.39, 0.29) is 5.91 Å². The SMILES string of the molecule is CCOc1ccc(CNC(=O)[C@@H](C)Oc2ccccc2Cl)cc1. The van der Waals surface area contributed by atoms with Crippen molar-refractivity contribution in [1.82, 2.24) is 5.32 Å². The number of amides is 1. The van der Waals surface area contributed by atoms with Crippen molar-refractivity contribution in [3.8, 4) is 11.5 Å². The van der Waals surface area contributed by atoms with E-state index in [0.29, 0.717) is 23.9 Å². The molecule has 2 aromatic carbocycles. The molecule has 0 aliphatic heterocycles. The van der Waals surface area contributed by atoms with E-state index in [0.717, 1.165) is 11.3 Å². The molecule has 0 bridgehead atoms. The first kappa shape index (κ1) is 17.2. The fraction of sp³-hybridized carbons (Fsp3) is 0.278. The van der Waals surface area contributed by atoms with Gasteiger partial charge < -0.3 is 14.8 Å². The molecule has 0 saturated carbocycles. The van der Waals surface area contributed by atoms with E-state index in [4.69, 9.17) is 21.1 Å². The zero-order valence-corrected chi connectivity index (χ0v) is 14.0. The van der Waals surface area contributed by atoms with Crippen molar-refractivity contribution in [2.45, 2.75) is 26.5 Å². The summed E-state index contributed by atoms with van der Waals surface area (Å²) >= 11 is 6.02. The average molecular weight is 334 g/mol. The molecule has 1 N–H and O–H groups in total. The Hall–Kier alpha value is -2.20. The molecule has 1 amide bonds. The summed E-state index contributed by atoms with van der Waals surface area (Å²) in [5, 5.41) is 3.33. The Morgan fingerprint density at radius 2 is 1.87 bits per heavy atom. The highest BCUT2D eigenvalue weighted by Crippen LogP contribution is 2.24. The third kappa shape index (κ3) is 5.18. The van der Waals surface area contributed by atoms with Crippen LogP contribution in [0, 0.1) is 0 Å². The Morgan fingerprint density at radius 3 is 2.52 bits per heavy atom. The van der Waals surface area contributed by atoms with Crippen LogP contribution in [0.3, 0.4) is 0 Å². The number of benzene rings is 2. The Balaban J connectivity index is 1.85. The highest BCUT2D eigenvalue weighted by molar-refractivity contribution is 6.32. The first-order valence-corrected chi connectivity index (χ1v) is 7.88. The van der Waals surface area contributed by atoms with E-state index in [9.17, 15) is 4.79 Å². The van der Waals surface area contributed by atoms with Gasteiger partial charge in [0.05, 0.1) is 11.6 Å². The lowest BCUT2D eigenvalue weighted by Crippen LogP contribution is -2.35. The maximum absolute atomic E-state index is 12.1. The summed E-state index contributed by atoms with van der Waals surface area (Å²) in [5.74, 6) is 1.12. The number of halogens is 1. The van der Waals surface area contributed by atoms with Crippen LogP contribution in [0.1, 0.15) is 19.4 Å². The molecule has 5 heteroatoms. The van der Waals surface area contributed by atoms with Gasteiger partial charge in [-0.1, -0.05) is 35.9 Å². The molecule has 0 spiro atoms. The minimum atomic E-state index is -0.627. The summed E-state index contributed by atoms with van der Waals surface area (Å²) in [4.78, 5) is 12.1. The number of hydrogen-bond acceptors (Lipinski definition) is 3. The fourth-order valence-corrected chi connectivity index (χ4v) is 2.17. The van der Waals surface area contributed by atoms with E-state index in [1.165, 1.54) is 0 Å². The van der Waals surface area contributed by atoms with Crippen LogP contribution in [0.15, 0.2) is 48.5 Å². The second-order valence-electron chi connectivity index (χ2n) is 4.99. The molecular weight excluding hydrogens is 314 g/mol. The summed E-state index contributed by atoms with van der Waals surface area (Å²) in [6.45, 7) is 4.69. The van der Waals surface area contributed by atoms with Crippen molar-refractivity contribution < 1.29 is 14.3 Å². The lowest BCUT2D eigenvalue weighted by Gasteiger charge is -2.15. The highest BCUT2D eigenvalue weighted by Gasteiger charge is 2.15. The quantitative estimate of drug-likeness (QED) is 0.837. The Kier molecular flexibility index (Phi) is 6.29. The van der Waals surface area contributed by atoms with Crippen LogP contribution in [0.25, 0.3) is 0 Å². The van der Waals surface area contributed by atoms with Crippen molar-refractivity contribution in [1.29, 1.82) is 0 Å². The second-order valence-corrected chi connectivity index (χ2v) is 5.39. The smallest absolute Gasteiger partial charge is 0.261 e. The van der Waals surface area contributed by atoms with Crippen LogP contribution in [-0.4, -0.2) is 18.6 Å². The molecule has 23 heavy (non-hydrogen) atoms. The van der Waals surface area contributed by atoms with Crippen LogP contribution in [0.5, 0.6) is 11.5 Å². The van der Waals surface area contributed by atoms with Gasteiger partial charge in [-0.25, -0.2) is 0 Å². The summed E-state index contributed by atoms with van der Waals surface area (Å²) in [7, 11) is 0. The van der Waals surface area contributed by atoms with Crippen LogP contribution in [0.4, 0.5) is 0 Å². The summed E-state index contributed by atoms with van der Waals surface area (Å²) in [6.07, 6.45) is -0.627. The van der Waals surface area contributed by atoms with Gasteiger partial charge >= 0.3 is 0 Å². The number of carbonyl (C=O) groups is 1. The largest absolute Gasteiger partial charge is 0.494 e. The van der Waals surface area contributed by atoms with Gasteiger partial charge in [-0.2, -0.15) is 0 Å². The predicted octanol–water partition coefficient (Wildman–Crippen LogP) is 3.82. The van der Waals surface area contributed by atoms with E-state index >= 15 is 0 Å². The van der Waals surface area contributed by atoms with Crippen molar-refractivity contribution >= 4 is 17.5 Å². The molecule has 0 aliphatic rings. The average Bonchev–Trinajstić information content (AvgIpc) is 2.56. The zero-order valence-electron chi connectivity index (χ0n) is 13.2. The topological polar surface area (TPSA) is 47.6 Å². The van der Waals surface area contributed by atoms with Crippen molar-refractivity contribution in [3.05, 3.63) is 59.1 Å². The van der Waals surface area contributed by atoms with Gasteiger partial charge in [0.25, 0.3) is 5.91 Å². The summed E-state index contributed by atoms with van der Waals surface area (Å²) in [5.41, 5.74) is 0.992. The molecule has 0 radical (unpaired) electrons. The molecule has 1 atom stereocenters. The van der Waals surface area contributed by atoms with Gasteiger partial charge in [0.1, 0.15) is 11.5 Å². The molecule has 122 valence electrons. The van der Waals surface area contributed by atoms with Crippen LogP contribution in [-0.2, 0) is 11.3 Å². The van der Waals surface area contributed by atoms with Gasteiger partial charge in [-0.05, 0) is 43.7 Å². The molecule has 0 heterocycles. The lowest BCUT2D eigenvalue weighted by molar-refractivity contribution is -0.127. The van der Waals surface area contributed by atoms with E-state index in [1.807, 2.05) is 43.3 Å². The molecule has 2 rings (SSSR count). The zero-order chi connectivity index (χ0) is 16.7. The standard InChI is InChI=1S/C18H20ClNO3/c1-3-22-15-10-8-14(9-11-15)12-20-18(21)13(2)23-17-7-5-4-6-16(17)19/h4-11,13H,3,12H2,1-2H3,(H,20,21)/t13-/m1/s1. The molecule has 0 aromatic heterocycles. The maximum Gasteiger partial charge on any atom is 0.261 e. The Morgan fingerprint density at radius 1 is 1.17 bits per heavy atom. The monoisotopic (exact) mass is 333 g/mol. The van der Waals surface area contributed by atoms with Gasteiger partial charge in [0.2, 0.25) is 0 Å². The third-order valence-electron chi connectivity index (χ3n) is 3.21. The van der Waals surface area contributed by atoms with Crippen molar-refractivity contribution in [2.24, 2.45) is 0 Å². The van der Waals surface area contributed by atoms with E-state index in [2.05, 4.69) is 5.32 Å². The number of para-hydroxylation sites is 1. The first-order chi connectivity index (χ1) is 11.1. The molecule has 0 aliphatic carbocycles. The van der Waals surface area contributed by atoms with E-state index in [1.54, 1.807) is 19.1 Å². The minimum absolute atomic E-state index is 0.196. The van der Waals surface area contributed by atoms with E-state index < -0.39 is 6.10 Å². The van der Waals surface area contributed by atoms with Crippen LogP contribution < -0.4 is 14.8 Å². The molecule has 2 aromatic rings. The number of nitrogens with one attached hydrogen (secondary N) is 1. The summed E-state index contributed by atoms with van der Waals surface area (Å²) < 4.78 is 11.0. The number of carbonyl (C=O) groups excluding carboxylic acids is 1. The highest BCUT2D eigenvalue weighted by atomic mass is 35.5. The normalized spacial score (nSPS) is 11.6. The fourth-order valence-electron chi connectivity index (χ4n) is 1.99. The number of ether oxygens (including phenoxy) is 2. The van der Waals surface area contributed by atoms with Crippen LogP contribution in [0.2, 0.25) is 5.02 Å². The van der Waals surface area contributed by atoms with Gasteiger partial charge in [0.15, 0.2) is 6.10 Å². The maximum atomic E-state index is 12.1. The first-order valence-electron chi connectivity index (χ1n) is 7.50. The van der Waals surface area contributed by atoms with Gasteiger partial charge in [-0.15, -0.1) is 0 Å². The van der Waals surface area contributed by atoms with Crippen LogP contribution >= 0.6 is 11.6 Å². The van der Waals surface area contributed by atoms with Crippen molar-refractivity contribution in [3.63, 3.8) is 0 Å². The molecule has 0 saturated heterocycles. The lowest BCUT2D eigenvalue weighted by atomic mass is 10.2. The molecule has 0 fully saturated rings. The predicted molar refractivity (Wildman–Crippen MR) is 91.0 cm³/mol. The van der Waals surface area contributed by atoms with Crippen molar-refractivity contribution in [2.75, 3.05) is 6.61 Å². The molecular formula is C18H20ClNO3. The third-order valence-corrected chi connectivity index (χ3v) is 3.52. The number of rotatable bonds is 7. The molecule has 0 unspecified atom stereocenters.